The Balaban J connectivity index is 4.05. The van der Waals surface area contributed by atoms with Crippen molar-refractivity contribution >= 4 is 33.4 Å². The van der Waals surface area contributed by atoms with Crippen LogP contribution in [0.15, 0.2) is 0 Å². The van der Waals surface area contributed by atoms with E-state index in [1.54, 1.807) is 0 Å². The number of carbonyl (C=O) groups excluding carboxylic acids is 2. The van der Waals surface area contributed by atoms with Crippen molar-refractivity contribution in [2.45, 2.75) is 6.42 Å². The summed E-state index contributed by atoms with van der Waals surface area (Å²) in [4.78, 5) is 23.4. The monoisotopic (exact) mass is 270 g/mol. The Morgan fingerprint density at radius 3 is 2.38 bits per heavy atom. The Hall–Kier alpha value is -0.820. The topological polar surface area (TPSA) is 83.6 Å². The van der Waals surface area contributed by atoms with E-state index < -0.39 is 21.8 Å². The summed E-state index contributed by atoms with van der Waals surface area (Å²) < 4.78 is 21.7. The van der Waals surface area contributed by atoms with Gasteiger partial charge in [-0.3, -0.25) is 10.1 Å². The van der Waals surface area contributed by atoms with Crippen LogP contribution in [0.5, 0.6) is 0 Å². The van der Waals surface area contributed by atoms with E-state index in [0.717, 1.165) is 11.2 Å². The fourth-order valence-corrected chi connectivity index (χ4v) is 1.54. The second kappa shape index (κ2) is 6.70. The predicted octanol–water partition coefficient (Wildman–Crippen LogP) is -0.172. The maximum absolute atomic E-state index is 11.3. The van der Waals surface area contributed by atoms with Crippen molar-refractivity contribution in [2.24, 2.45) is 0 Å². The van der Waals surface area contributed by atoms with Crippen molar-refractivity contribution in [3.8, 4) is 0 Å². The lowest BCUT2D eigenvalue weighted by Crippen LogP contribution is -2.42. The van der Waals surface area contributed by atoms with Gasteiger partial charge in [0, 0.05) is 32.1 Å². The molecule has 0 aliphatic carbocycles. The van der Waals surface area contributed by atoms with Crippen molar-refractivity contribution in [3.63, 3.8) is 0 Å². The number of amides is 3. The standard InChI is InChI=1S/C8H15ClN2O4S/c1-11(5-6-16(2,14)15)8(13)10-7(12)3-4-9/h3-6H2,1-2H3,(H,10,12,13). The van der Waals surface area contributed by atoms with Crippen molar-refractivity contribution in [2.75, 3.05) is 31.5 Å². The summed E-state index contributed by atoms with van der Waals surface area (Å²) in [5.74, 6) is -0.488. The van der Waals surface area contributed by atoms with Gasteiger partial charge in [-0.2, -0.15) is 0 Å². The smallest absolute Gasteiger partial charge is 0.323 e. The van der Waals surface area contributed by atoms with Crippen molar-refractivity contribution in [1.29, 1.82) is 0 Å². The maximum atomic E-state index is 11.3. The van der Waals surface area contributed by atoms with E-state index in [1.165, 1.54) is 7.05 Å². The van der Waals surface area contributed by atoms with Gasteiger partial charge >= 0.3 is 6.03 Å². The van der Waals surface area contributed by atoms with Crippen LogP contribution in [-0.4, -0.2) is 56.7 Å². The Labute approximate surface area is 99.9 Å². The quantitative estimate of drug-likeness (QED) is 0.703. The number of nitrogens with one attached hydrogen (secondary N) is 1. The lowest BCUT2D eigenvalue weighted by atomic mass is 10.4. The van der Waals surface area contributed by atoms with Crippen LogP contribution in [0.1, 0.15) is 6.42 Å². The first-order chi connectivity index (χ1) is 7.26. The van der Waals surface area contributed by atoms with E-state index >= 15 is 0 Å². The Morgan fingerprint density at radius 2 is 1.94 bits per heavy atom. The van der Waals surface area contributed by atoms with Gasteiger partial charge in [-0.25, -0.2) is 13.2 Å². The van der Waals surface area contributed by atoms with E-state index in [1.807, 2.05) is 0 Å². The molecule has 0 saturated carbocycles. The zero-order chi connectivity index (χ0) is 12.8. The zero-order valence-corrected chi connectivity index (χ0v) is 10.8. The fraction of sp³-hybridized carbons (Fsp3) is 0.750. The molecule has 1 N–H and O–H groups in total. The van der Waals surface area contributed by atoms with E-state index in [4.69, 9.17) is 11.6 Å². The summed E-state index contributed by atoms with van der Waals surface area (Å²) >= 11 is 5.32. The van der Waals surface area contributed by atoms with Crippen molar-refractivity contribution < 1.29 is 18.0 Å². The molecular formula is C8H15ClN2O4S. The average Bonchev–Trinajstić information content (AvgIpc) is 2.13. The largest absolute Gasteiger partial charge is 0.327 e. The minimum absolute atomic E-state index is 0.0405. The summed E-state index contributed by atoms with van der Waals surface area (Å²) in [6.45, 7) is 0.0405. The molecule has 0 aromatic rings. The van der Waals surface area contributed by atoms with Crippen molar-refractivity contribution in [3.05, 3.63) is 0 Å². The third-order valence-corrected chi connectivity index (χ3v) is 2.83. The number of sulfone groups is 1. The number of carbonyl (C=O) groups is 2. The molecule has 0 fully saturated rings. The molecule has 16 heavy (non-hydrogen) atoms. The van der Waals surface area contributed by atoms with Gasteiger partial charge in [-0.05, 0) is 0 Å². The molecule has 0 aromatic heterocycles. The molecule has 94 valence electrons. The highest BCUT2D eigenvalue weighted by Crippen LogP contribution is 1.91. The number of hydrogen-bond donors (Lipinski definition) is 1. The van der Waals surface area contributed by atoms with E-state index in [0.29, 0.717) is 0 Å². The number of halogens is 1. The summed E-state index contributed by atoms with van der Waals surface area (Å²) in [5.41, 5.74) is 0. The van der Waals surface area contributed by atoms with E-state index in [-0.39, 0.29) is 24.6 Å². The molecule has 3 amide bonds. The van der Waals surface area contributed by atoms with E-state index in [2.05, 4.69) is 5.32 Å². The zero-order valence-electron chi connectivity index (χ0n) is 9.19. The first-order valence-electron chi connectivity index (χ1n) is 4.55. The third-order valence-electron chi connectivity index (χ3n) is 1.71. The van der Waals surface area contributed by atoms with Crippen LogP contribution in [0.3, 0.4) is 0 Å². The van der Waals surface area contributed by atoms with Crippen LogP contribution in [-0.2, 0) is 14.6 Å². The SMILES string of the molecule is CN(CCS(C)(=O)=O)C(=O)NC(=O)CCCl. The molecule has 6 nitrogen and oxygen atoms in total. The van der Waals surface area contributed by atoms with Gasteiger partial charge in [-0.1, -0.05) is 0 Å². The van der Waals surface area contributed by atoms with E-state index in [9.17, 15) is 18.0 Å². The summed E-state index contributed by atoms with van der Waals surface area (Å²) in [6.07, 6.45) is 1.13. The molecular weight excluding hydrogens is 256 g/mol. The summed E-state index contributed by atoms with van der Waals surface area (Å²) in [5, 5.41) is 2.09. The molecule has 0 bridgehead atoms. The first kappa shape index (κ1) is 15.2. The number of rotatable bonds is 5. The lowest BCUT2D eigenvalue weighted by Gasteiger charge is -2.16. The maximum Gasteiger partial charge on any atom is 0.323 e. The number of imide groups is 1. The average molecular weight is 271 g/mol. The Bertz CT molecular complexity index is 355. The minimum Gasteiger partial charge on any atom is -0.327 e. The molecule has 0 rings (SSSR count). The van der Waals surface area contributed by atoms with Crippen LogP contribution < -0.4 is 5.32 Å². The van der Waals surface area contributed by atoms with Gasteiger partial charge in [0.2, 0.25) is 5.91 Å². The molecule has 8 heteroatoms. The number of hydrogen-bond acceptors (Lipinski definition) is 4. The molecule has 0 spiro atoms. The molecule has 0 aliphatic rings. The highest BCUT2D eigenvalue weighted by Gasteiger charge is 2.13. The molecule has 0 radical (unpaired) electrons. The van der Waals surface area contributed by atoms with Crippen LogP contribution in [0.4, 0.5) is 4.79 Å². The van der Waals surface area contributed by atoms with Crippen LogP contribution in [0, 0.1) is 0 Å². The fourth-order valence-electron chi connectivity index (χ4n) is 0.767. The Kier molecular flexibility index (Phi) is 6.35. The molecule has 0 unspecified atom stereocenters. The highest BCUT2D eigenvalue weighted by molar-refractivity contribution is 7.90. The Morgan fingerprint density at radius 1 is 1.38 bits per heavy atom. The number of alkyl halides is 1. The third kappa shape index (κ3) is 7.47. The summed E-state index contributed by atoms with van der Waals surface area (Å²) in [6, 6.07) is -0.626. The van der Waals surface area contributed by atoms with Gasteiger partial charge in [0.15, 0.2) is 0 Å². The normalized spacial score (nSPS) is 10.9. The minimum atomic E-state index is -3.12. The lowest BCUT2D eigenvalue weighted by molar-refractivity contribution is -0.119. The second-order valence-corrected chi connectivity index (χ2v) is 5.98. The van der Waals surface area contributed by atoms with Gasteiger partial charge in [0.25, 0.3) is 0 Å². The summed E-state index contributed by atoms with van der Waals surface area (Å²) in [7, 11) is -1.71. The van der Waals surface area contributed by atoms with Crippen LogP contribution >= 0.6 is 11.6 Å². The molecule has 0 aromatic carbocycles. The second-order valence-electron chi connectivity index (χ2n) is 3.34. The molecule has 0 heterocycles. The molecule has 0 saturated heterocycles. The van der Waals surface area contributed by atoms with Crippen LogP contribution in [0.25, 0.3) is 0 Å². The number of nitrogens with zero attached hydrogens (tertiary/aromatic N) is 1. The predicted molar refractivity (Wildman–Crippen MR) is 61.2 cm³/mol. The van der Waals surface area contributed by atoms with Crippen molar-refractivity contribution in [1.82, 2.24) is 10.2 Å². The molecule has 0 aliphatic heterocycles. The highest BCUT2D eigenvalue weighted by atomic mass is 35.5. The van der Waals surface area contributed by atoms with Gasteiger partial charge in [0.1, 0.15) is 9.84 Å². The van der Waals surface area contributed by atoms with Gasteiger partial charge in [-0.15, -0.1) is 11.6 Å². The van der Waals surface area contributed by atoms with Crippen LogP contribution in [0.2, 0.25) is 0 Å². The molecule has 0 atom stereocenters. The van der Waals surface area contributed by atoms with Gasteiger partial charge in [0.05, 0.1) is 5.75 Å². The first-order valence-corrected chi connectivity index (χ1v) is 7.14. The van der Waals surface area contributed by atoms with Gasteiger partial charge < -0.3 is 4.90 Å². The number of urea groups is 1.